The fourth-order valence-corrected chi connectivity index (χ4v) is 1.38. The average Bonchev–Trinajstić information content (AvgIpc) is 2.30. The summed E-state index contributed by atoms with van der Waals surface area (Å²) in [6.07, 6.45) is 3.38. The van der Waals surface area contributed by atoms with Gasteiger partial charge in [0.25, 0.3) is 5.88 Å². The van der Waals surface area contributed by atoms with Gasteiger partial charge >= 0.3 is 0 Å². The molecule has 0 atom stereocenters. The van der Waals surface area contributed by atoms with E-state index in [0.717, 1.165) is 5.56 Å². The van der Waals surface area contributed by atoms with Crippen molar-refractivity contribution in [3.63, 3.8) is 0 Å². The number of hydrogen-bond acceptors (Lipinski definition) is 4. The molecule has 0 aromatic carbocycles. The minimum Gasteiger partial charge on any atom is -0.479 e. The topological polar surface area (TPSA) is 47.9 Å². The lowest BCUT2D eigenvalue weighted by Gasteiger charge is -2.03. The highest BCUT2D eigenvalue weighted by Crippen LogP contribution is 2.25. The predicted octanol–water partition coefficient (Wildman–Crippen LogP) is 2.20. The Morgan fingerprint density at radius 2 is 1.93 bits per heavy atom. The third-order valence-electron chi connectivity index (χ3n) is 1.89. The van der Waals surface area contributed by atoms with Crippen molar-refractivity contribution in [1.29, 1.82) is 0 Å². The fraction of sp³-hybridized carbons (Fsp3) is 0.100. The zero-order valence-corrected chi connectivity index (χ0v) is 8.77. The van der Waals surface area contributed by atoms with Gasteiger partial charge in [-0.3, -0.25) is 4.98 Å². The maximum absolute atomic E-state index is 5.94. The van der Waals surface area contributed by atoms with Gasteiger partial charge in [0.05, 0.1) is 12.8 Å². The van der Waals surface area contributed by atoms with Crippen molar-refractivity contribution < 1.29 is 4.74 Å². The summed E-state index contributed by atoms with van der Waals surface area (Å²) >= 11 is 5.94. The van der Waals surface area contributed by atoms with Crippen LogP contribution in [0.15, 0.2) is 30.6 Å². The van der Waals surface area contributed by atoms with Gasteiger partial charge in [-0.1, -0.05) is 11.6 Å². The summed E-state index contributed by atoms with van der Waals surface area (Å²) in [6, 6.07) is 5.39. The number of hydrogen-bond donors (Lipinski definition) is 0. The molecule has 0 aliphatic rings. The van der Waals surface area contributed by atoms with E-state index in [1.165, 1.54) is 7.11 Å². The van der Waals surface area contributed by atoms with Crippen LogP contribution in [0, 0.1) is 0 Å². The highest BCUT2D eigenvalue weighted by Gasteiger charge is 2.06. The number of methoxy groups -OCH3 is 1. The summed E-state index contributed by atoms with van der Waals surface area (Å²) in [5, 5.41) is 8.29. The third-order valence-corrected chi connectivity index (χ3v) is 2.16. The van der Waals surface area contributed by atoms with Crippen molar-refractivity contribution in [2.24, 2.45) is 0 Å². The number of rotatable bonds is 2. The Hall–Kier alpha value is -1.68. The van der Waals surface area contributed by atoms with Crippen LogP contribution in [-0.4, -0.2) is 22.3 Å². The van der Waals surface area contributed by atoms with E-state index in [1.807, 2.05) is 12.1 Å². The zero-order chi connectivity index (χ0) is 10.7. The number of pyridine rings is 1. The molecule has 0 unspecified atom stereocenters. The molecule has 2 heterocycles. The molecular weight excluding hydrogens is 214 g/mol. The van der Waals surface area contributed by atoms with Crippen molar-refractivity contribution in [2.75, 3.05) is 7.11 Å². The fourth-order valence-electron chi connectivity index (χ4n) is 1.16. The summed E-state index contributed by atoms with van der Waals surface area (Å²) in [5.74, 6) is 0.328. The Bertz CT molecular complexity index is 461. The molecule has 0 bridgehead atoms. The Labute approximate surface area is 91.9 Å². The monoisotopic (exact) mass is 221 g/mol. The lowest BCUT2D eigenvalue weighted by Crippen LogP contribution is -1.93. The van der Waals surface area contributed by atoms with Crippen LogP contribution in [0.1, 0.15) is 0 Å². The number of aromatic nitrogens is 3. The molecule has 0 saturated heterocycles. The van der Waals surface area contributed by atoms with Gasteiger partial charge in [0.15, 0.2) is 0 Å². The number of ether oxygens (including phenoxy) is 1. The first-order valence-corrected chi connectivity index (χ1v) is 4.66. The second kappa shape index (κ2) is 4.23. The van der Waals surface area contributed by atoms with Crippen LogP contribution < -0.4 is 4.74 Å². The smallest absolute Gasteiger partial charge is 0.252 e. The Kier molecular flexibility index (Phi) is 2.78. The SMILES string of the molecule is COc1nnc(-c2ccncc2)cc1Cl. The molecule has 15 heavy (non-hydrogen) atoms. The quantitative estimate of drug-likeness (QED) is 0.780. The van der Waals surface area contributed by atoms with Gasteiger partial charge < -0.3 is 4.74 Å². The van der Waals surface area contributed by atoms with Gasteiger partial charge in [-0.15, -0.1) is 10.2 Å². The molecule has 2 rings (SSSR count). The molecule has 0 aliphatic carbocycles. The molecule has 0 saturated carbocycles. The van der Waals surface area contributed by atoms with E-state index in [-0.39, 0.29) is 0 Å². The van der Waals surface area contributed by atoms with E-state index >= 15 is 0 Å². The second-order valence-corrected chi connectivity index (χ2v) is 3.23. The first-order valence-electron chi connectivity index (χ1n) is 4.29. The van der Waals surface area contributed by atoms with Crippen molar-refractivity contribution >= 4 is 11.6 Å². The summed E-state index contributed by atoms with van der Waals surface area (Å²) in [7, 11) is 1.50. The van der Waals surface area contributed by atoms with E-state index in [2.05, 4.69) is 15.2 Å². The standard InChI is InChI=1S/C10H8ClN3O/c1-15-10-8(11)6-9(13-14-10)7-2-4-12-5-3-7/h2-6H,1H3. The van der Waals surface area contributed by atoms with Crippen molar-refractivity contribution in [1.82, 2.24) is 15.2 Å². The maximum atomic E-state index is 5.94. The summed E-state index contributed by atoms with van der Waals surface area (Å²) in [6.45, 7) is 0. The van der Waals surface area contributed by atoms with E-state index in [9.17, 15) is 0 Å². The molecule has 2 aromatic rings. The molecule has 0 spiro atoms. The molecule has 2 aromatic heterocycles. The van der Waals surface area contributed by atoms with Gasteiger partial charge in [-0.25, -0.2) is 0 Å². The second-order valence-electron chi connectivity index (χ2n) is 2.82. The first-order chi connectivity index (χ1) is 7.31. The lowest BCUT2D eigenvalue weighted by atomic mass is 10.2. The summed E-state index contributed by atoms with van der Waals surface area (Å²) < 4.78 is 4.92. The van der Waals surface area contributed by atoms with Gasteiger partial charge in [0.2, 0.25) is 0 Å². The highest BCUT2D eigenvalue weighted by molar-refractivity contribution is 6.32. The van der Waals surface area contributed by atoms with Crippen LogP contribution in [0.2, 0.25) is 5.02 Å². The third kappa shape index (κ3) is 2.05. The van der Waals surface area contributed by atoms with Crippen LogP contribution in [0.5, 0.6) is 5.88 Å². The van der Waals surface area contributed by atoms with Gasteiger partial charge in [0, 0.05) is 18.0 Å². The molecule has 76 valence electrons. The van der Waals surface area contributed by atoms with E-state index < -0.39 is 0 Å². The Morgan fingerprint density at radius 1 is 1.20 bits per heavy atom. The predicted molar refractivity (Wildman–Crippen MR) is 56.8 cm³/mol. The van der Waals surface area contributed by atoms with E-state index in [1.54, 1.807) is 18.5 Å². The van der Waals surface area contributed by atoms with E-state index in [4.69, 9.17) is 16.3 Å². The zero-order valence-electron chi connectivity index (χ0n) is 8.01. The summed E-state index contributed by atoms with van der Waals surface area (Å²) in [4.78, 5) is 3.92. The Morgan fingerprint density at radius 3 is 2.53 bits per heavy atom. The molecule has 0 fully saturated rings. The summed E-state index contributed by atoms with van der Waals surface area (Å²) in [5.41, 5.74) is 1.62. The minimum absolute atomic E-state index is 0.328. The van der Waals surface area contributed by atoms with Crippen LogP contribution in [0.25, 0.3) is 11.3 Å². The lowest BCUT2D eigenvalue weighted by molar-refractivity contribution is 0.392. The molecule has 0 amide bonds. The number of halogens is 1. The van der Waals surface area contributed by atoms with Gasteiger partial charge in [-0.05, 0) is 18.2 Å². The van der Waals surface area contributed by atoms with Gasteiger partial charge in [0.1, 0.15) is 5.02 Å². The molecule has 0 N–H and O–H groups in total. The van der Waals surface area contributed by atoms with Crippen LogP contribution >= 0.6 is 11.6 Å². The number of nitrogens with zero attached hydrogens (tertiary/aromatic N) is 3. The molecule has 4 nitrogen and oxygen atoms in total. The van der Waals surface area contributed by atoms with Crippen LogP contribution in [0.3, 0.4) is 0 Å². The average molecular weight is 222 g/mol. The van der Waals surface area contributed by atoms with Crippen molar-refractivity contribution in [2.45, 2.75) is 0 Å². The molecule has 5 heteroatoms. The molecule has 0 radical (unpaired) electrons. The first kappa shape index (κ1) is 9.86. The van der Waals surface area contributed by atoms with E-state index in [0.29, 0.717) is 16.6 Å². The molecular formula is C10H8ClN3O. The van der Waals surface area contributed by atoms with Crippen LogP contribution in [-0.2, 0) is 0 Å². The van der Waals surface area contributed by atoms with Crippen molar-refractivity contribution in [3.05, 3.63) is 35.6 Å². The van der Waals surface area contributed by atoms with Crippen molar-refractivity contribution in [3.8, 4) is 17.1 Å². The normalized spacial score (nSPS) is 10.0. The minimum atomic E-state index is 0.328. The van der Waals surface area contributed by atoms with Gasteiger partial charge in [-0.2, -0.15) is 0 Å². The highest BCUT2D eigenvalue weighted by atomic mass is 35.5. The van der Waals surface area contributed by atoms with Crippen LogP contribution in [0.4, 0.5) is 0 Å². The Balaban J connectivity index is 2.43. The maximum Gasteiger partial charge on any atom is 0.252 e. The largest absolute Gasteiger partial charge is 0.479 e. The molecule has 0 aliphatic heterocycles.